The summed E-state index contributed by atoms with van der Waals surface area (Å²) in [7, 11) is 0. The molecule has 2 heterocycles. The molecule has 0 aliphatic rings. The number of thioether (sulfide) groups is 1. The molecule has 0 saturated carbocycles. The normalized spacial score (nSPS) is 10.9. The predicted octanol–water partition coefficient (Wildman–Crippen LogP) is 4.36. The molecule has 0 unspecified atom stereocenters. The lowest BCUT2D eigenvalue weighted by Gasteiger charge is -1.99. The van der Waals surface area contributed by atoms with Crippen molar-refractivity contribution in [3.63, 3.8) is 0 Å². The summed E-state index contributed by atoms with van der Waals surface area (Å²) in [5.74, 6) is 0.282. The summed E-state index contributed by atoms with van der Waals surface area (Å²) in [5, 5.41) is 17.2. The van der Waals surface area contributed by atoms with Gasteiger partial charge in [-0.2, -0.15) is 0 Å². The molecule has 0 aliphatic heterocycles. The van der Waals surface area contributed by atoms with Crippen LogP contribution in [0.2, 0.25) is 10.0 Å². The number of aromatic amines is 1. The Morgan fingerprint density at radius 2 is 2.13 bits per heavy atom. The van der Waals surface area contributed by atoms with Gasteiger partial charge in [0.15, 0.2) is 5.82 Å². The van der Waals surface area contributed by atoms with E-state index in [0.717, 1.165) is 0 Å². The third-order valence-corrected chi connectivity index (χ3v) is 4.28. The molecule has 2 N–H and O–H groups in total. The first-order chi connectivity index (χ1) is 11.0. The Kier molecular flexibility index (Phi) is 4.61. The van der Waals surface area contributed by atoms with E-state index in [0.29, 0.717) is 38.1 Å². The van der Waals surface area contributed by atoms with Gasteiger partial charge in [0, 0.05) is 10.6 Å². The van der Waals surface area contributed by atoms with Crippen LogP contribution in [0.4, 0.5) is 0 Å². The van der Waals surface area contributed by atoms with Crippen molar-refractivity contribution in [2.45, 2.75) is 10.9 Å². The Labute approximate surface area is 144 Å². The second kappa shape index (κ2) is 6.66. The van der Waals surface area contributed by atoms with E-state index in [1.165, 1.54) is 17.8 Å². The van der Waals surface area contributed by atoms with Crippen LogP contribution in [0.15, 0.2) is 39.9 Å². The number of carbonyl (C=O) groups is 1. The first-order valence-electron chi connectivity index (χ1n) is 6.35. The van der Waals surface area contributed by atoms with Crippen LogP contribution in [-0.2, 0) is 5.75 Å². The maximum absolute atomic E-state index is 10.8. The van der Waals surface area contributed by atoms with Gasteiger partial charge in [0.05, 0.1) is 10.8 Å². The van der Waals surface area contributed by atoms with Gasteiger partial charge in [0.25, 0.3) is 0 Å². The van der Waals surface area contributed by atoms with E-state index in [1.807, 2.05) is 0 Å². The van der Waals surface area contributed by atoms with Crippen LogP contribution < -0.4 is 0 Å². The maximum atomic E-state index is 10.8. The smallest absolute Gasteiger partial charge is 0.371 e. The first kappa shape index (κ1) is 15.9. The minimum Gasteiger partial charge on any atom is -0.475 e. The van der Waals surface area contributed by atoms with Gasteiger partial charge in [-0.25, -0.2) is 9.78 Å². The van der Waals surface area contributed by atoms with Crippen molar-refractivity contribution in [2.24, 2.45) is 0 Å². The Hall–Kier alpha value is -1.96. The number of benzene rings is 1. The zero-order valence-electron chi connectivity index (χ0n) is 11.4. The van der Waals surface area contributed by atoms with E-state index < -0.39 is 5.97 Å². The van der Waals surface area contributed by atoms with Crippen LogP contribution in [0.5, 0.6) is 0 Å². The van der Waals surface area contributed by atoms with Gasteiger partial charge in [0.2, 0.25) is 10.9 Å². The summed E-state index contributed by atoms with van der Waals surface area (Å²) >= 11 is 13.3. The number of rotatable bonds is 5. The molecule has 0 atom stereocenters. The van der Waals surface area contributed by atoms with Gasteiger partial charge >= 0.3 is 5.97 Å². The summed E-state index contributed by atoms with van der Waals surface area (Å²) < 4.78 is 5.17. The van der Waals surface area contributed by atoms with Crippen LogP contribution in [0, 0.1) is 0 Å². The molecule has 0 spiro atoms. The highest BCUT2D eigenvalue weighted by Gasteiger charge is 2.12. The van der Waals surface area contributed by atoms with Crippen LogP contribution in [0.1, 0.15) is 16.3 Å². The number of H-pyrrole nitrogens is 1. The zero-order valence-corrected chi connectivity index (χ0v) is 13.7. The summed E-state index contributed by atoms with van der Waals surface area (Å²) in [6.45, 7) is 0. The average molecular weight is 370 g/mol. The number of hydrogen-bond donors (Lipinski definition) is 2. The summed E-state index contributed by atoms with van der Waals surface area (Å²) in [5.41, 5.74) is 0.696. The van der Waals surface area contributed by atoms with Crippen molar-refractivity contribution in [3.8, 4) is 11.4 Å². The number of aromatic carboxylic acids is 1. The minimum absolute atomic E-state index is 0.0933. The highest BCUT2D eigenvalue weighted by molar-refractivity contribution is 7.98. The molecule has 0 fully saturated rings. The van der Waals surface area contributed by atoms with E-state index in [9.17, 15) is 4.79 Å². The Morgan fingerprint density at radius 1 is 1.30 bits per heavy atom. The molecule has 1 aromatic carbocycles. The van der Waals surface area contributed by atoms with Crippen molar-refractivity contribution >= 4 is 40.9 Å². The molecule has 3 rings (SSSR count). The third-order valence-electron chi connectivity index (χ3n) is 2.87. The Morgan fingerprint density at radius 3 is 2.83 bits per heavy atom. The number of aromatic nitrogens is 3. The standard InChI is InChI=1S/C14H9Cl2N3O3S/c15-7-1-3-9(10(16)5-7)12-17-14(19-18-12)23-6-8-2-4-11(22-8)13(20)21/h1-5H,6H2,(H,20,21)(H,17,18,19). The van der Waals surface area contributed by atoms with Crippen LogP contribution in [0.3, 0.4) is 0 Å². The maximum Gasteiger partial charge on any atom is 0.371 e. The SMILES string of the molecule is O=C(O)c1ccc(CSc2n[nH]c(-c3ccc(Cl)cc3Cl)n2)o1. The topological polar surface area (TPSA) is 92.0 Å². The number of hydrogen-bond acceptors (Lipinski definition) is 5. The van der Waals surface area contributed by atoms with Crippen molar-refractivity contribution in [1.82, 2.24) is 15.2 Å². The van der Waals surface area contributed by atoms with Crippen LogP contribution >= 0.6 is 35.0 Å². The molecule has 3 aromatic rings. The molecule has 118 valence electrons. The number of carboxylic acids is 1. The van der Waals surface area contributed by atoms with Crippen molar-refractivity contribution < 1.29 is 14.3 Å². The lowest BCUT2D eigenvalue weighted by Crippen LogP contribution is -1.91. The van der Waals surface area contributed by atoms with Crippen LogP contribution in [-0.4, -0.2) is 26.3 Å². The van der Waals surface area contributed by atoms with Gasteiger partial charge in [-0.3, -0.25) is 5.10 Å². The molecule has 0 radical (unpaired) electrons. The van der Waals surface area contributed by atoms with Crippen LogP contribution in [0.25, 0.3) is 11.4 Å². The fourth-order valence-corrected chi connectivity index (χ4v) is 3.01. The van der Waals surface area contributed by atoms with E-state index in [1.54, 1.807) is 24.3 Å². The van der Waals surface area contributed by atoms with Gasteiger partial charge in [-0.15, -0.1) is 5.10 Å². The van der Waals surface area contributed by atoms with E-state index >= 15 is 0 Å². The Bertz CT molecular complexity index is 863. The van der Waals surface area contributed by atoms with E-state index in [-0.39, 0.29) is 5.76 Å². The number of furan rings is 1. The number of nitrogens with zero attached hydrogens (tertiary/aromatic N) is 2. The molecule has 0 bridgehead atoms. The number of halogens is 2. The molecular formula is C14H9Cl2N3O3S. The summed E-state index contributed by atoms with van der Waals surface area (Å²) in [6.07, 6.45) is 0. The van der Waals surface area contributed by atoms with Gasteiger partial charge < -0.3 is 9.52 Å². The molecular weight excluding hydrogens is 361 g/mol. The molecule has 0 amide bonds. The minimum atomic E-state index is -1.10. The largest absolute Gasteiger partial charge is 0.475 e. The quantitative estimate of drug-likeness (QED) is 0.649. The van der Waals surface area contributed by atoms with Crippen molar-refractivity contribution in [2.75, 3.05) is 0 Å². The monoisotopic (exact) mass is 369 g/mol. The molecule has 6 nitrogen and oxygen atoms in total. The summed E-state index contributed by atoms with van der Waals surface area (Å²) in [4.78, 5) is 15.1. The predicted molar refractivity (Wildman–Crippen MR) is 87.1 cm³/mol. The second-order valence-corrected chi connectivity index (χ2v) is 6.24. The van der Waals surface area contributed by atoms with Gasteiger partial charge in [0.1, 0.15) is 5.76 Å². The van der Waals surface area contributed by atoms with E-state index in [2.05, 4.69) is 15.2 Å². The number of carboxylic acid groups (broad SMARTS) is 1. The molecule has 9 heteroatoms. The first-order valence-corrected chi connectivity index (χ1v) is 8.09. The molecule has 0 saturated heterocycles. The van der Waals surface area contributed by atoms with Crippen molar-refractivity contribution in [1.29, 1.82) is 0 Å². The lowest BCUT2D eigenvalue weighted by atomic mass is 10.2. The lowest BCUT2D eigenvalue weighted by molar-refractivity contribution is 0.0661. The molecule has 0 aliphatic carbocycles. The second-order valence-electron chi connectivity index (χ2n) is 4.45. The number of nitrogens with one attached hydrogen (secondary N) is 1. The summed E-state index contributed by atoms with van der Waals surface area (Å²) in [6, 6.07) is 8.12. The highest BCUT2D eigenvalue weighted by Crippen LogP contribution is 2.29. The van der Waals surface area contributed by atoms with Crippen molar-refractivity contribution in [3.05, 3.63) is 51.9 Å². The highest BCUT2D eigenvalue weighted by atomic mass is 35.5. The molecule has 2 aromatic heterocycles. The average Bonchev–Trinajstić information content (AvgIpc) is 3.14. The van der Waals surface area contributed by atoms with Gasteiger partial charge in [-0.1, -0.05) is 35.0 Å². The van der Waals surface area contributed by atoms with E-state index in [4.69, 9.17) is 32.7 Å². The fourth-order valence-electron chi connectivity index (χ4n) is 1.82. The Balaban J connectivity index is 1.70. The fraction of sp³-hybridized carbons (Fsp3) is 0.0714. The molecule has 23 heavy (non-hydrogen) atoms. The van der Waals surface area contributed by atoms with Gasteiger partial charge in [-0.05, 0) is 30.3 Å². The third kappa shape index (κ3) is 3.69. The zero-order chi connectivity index (χ0) is 16.4.